The number of sulfonamides is 1. The minimum Gasteiger partial charge on any atom is -0.495 e. The van der Waals surface area contributed by atoms with Gasteiger partial charge in [-0.05, 0) is 42.7 Å². The van der Waals surface area contributed by atoms with Gasteiger partial charge in [0, 0.05) is 12.1 Å². The maximum Gasteiger partial charge on any atom is 0.246 e. The number of carbonyl (C=O) groups is 1. The number of carbonyl (C=O) groups excluding carboxylic acids is 1. The average molecular weight is 374 g/mol. The van der Waals surface area contributed by atoms with E-state index in [1.54, 1.807) is 19.1 Å². The summed E-state index contributed by atoms with van der Waals surface area (Å²) in [5.74, 6) is 0.0240. The summed E-state index contributed by atoms with van der Waals surface area (Å²) in [5, 5.41) is 8.03. The van der Waals surface area contributed by atoms with Gasteiger partial charge in [0.15, 0.2) is 0 Å². The van der Waals surface area contributed by atoms with E-state index in [0.29, 0.717) is 18.5 Å². The summed E-state index contributed by atoms with van der Waals surface area (Å²) >= 11 is 0. The summed E-state index contributed by atoms with van der Waals surface area (Å²) in [6.45, 7) is 2.12. The topological polar surface area (TPSA) is 98.5 Å². The molecule has 7 heteroatoms. The number of hydrogen-bond donors (Lipinski definition) is 2. The SMILES string of the molecule is COc1ccc(CCNC(=O)C(C)=Cc2ccccc2)cc1S(N)(=O)=O. The highest BCUT2D eigenvalue weighted by molar-refractivity contribution is 7.89. The second-order valence-electron chi connectivity index (χ2n) is 5.77. The Labute approximate surface area is 153 Å². The van der Waals surface area contributed by atoms with Gasteiger partial charge in [-0.1, -0.05) is 36.4 Å². The summed E-state index contributed by atoms with van der Waals surface area (Å²) in [4.78, 5) is 12.1. The lowest BCUT2D eigenvalue weighted by molar-refractivity contribution is -0.117. The maximum atomic E-state index is 12.1. The third kappa shape index (κ3) is 5.44. The molecule has 0 atom stereocenters. The molecule has 0 aliphatic carbocycles. The number of methoxy groups -OCH3 is 1. The van der Waals surface area contributed by atoms with Gasteiger partial charge in [0.05, 0.1) is 7.11 Å². The van der Waals surface area contributed by atoms with E-state index in [1.807, 2.05) is 36.4 Å². The van der Waals surface area contributed by atoms with Crippen LogP contribution in [0, 0.1) is 0 Å². The first kappa shape index (κ1) is 19.7. The van der Waals surface area contributed by atoms with Crippen LogP contribution in [0.2, 0.25) is 0 Å². The molecule has 0 aliphatic rings. The zero-order valence-corrected chi connectivity index (χ0v) is 15.5. The minimum absolute atomic E-state index is 0.0658. The molecule has 2 rings (SSSR count). The van der Waals surface area contributed by atoms with Crippen molar-refractivity contribution >= 4 is 22.0 Å². The van der Waals surface area contributed by atoms with Gasteiger partial charge in [-0.15, -0.1) is 0 Å². The van der Waals surface area contributed by atoms with Crippen LogP contribution >= 0.6 is 0 Å². The summed E-state index contributed by atoms with van der Waals surface area (Å²) < 4.78 is 28.3. The minimum atomic E-state index is -3.88. The molecule has 0 aliphatic heterocycles. The van der Waals surface area contributed by atoms with E-state index in [0.717, 1.165) is 11.1 Å². The van der Waals surface area contributed by atoms with Crippen LogP contribution in [-0.4, -0.2) is 28.0 Å². The first-order valence-corrected chi connectivity index (χ1v) is 9.57. The zero-order valence-electron chi connectivity index (χ0n) is 14.7. The second-order valence-corrected chi connectivity index (χ2v) is 7.30. The van der Waals surface area contributed by atoms with Crippen LogP contribution in [0.25, 0.3) is 6.08 Å². The standard InChI is InChI=1S/C19H22N2O4S/c1-14(12-15-6-4-3-5-7-15)19(22)21-11-10-16-8-9-17(25-2)18(13-16)26(20,23)24/h3-9,12-13H,10-11H2,1-2H3,(H,21,22)(H2,20,23,24). The van der Waals surface area contributed by atoms with Gasteiger partial charge in [0.25, 0.3) is 0 Å². The number of hydrogen-bond acceptors (Lipinski definition) is 4. The molecule has 6 nitrogen and oxygen atoms in total. The Balaban J connectivity index is 1.99. The normalized spacial score (nSPS) is 11.9. The van der Waals surface area contributed by atoms with Crippen LogP contribution in [0.5, 0.6) is 5.75 Å². The third-order valence-corrected chi connectivity index (χ3v) is 4.71. The molecule has 3 N–H and O–H groups in total. The van der Waals surface area contributed by atoms with E-state index < -0.39 is 10.0 Å². The van der Waals surface area contributed by atoms with Gasteiger partial charge >= 0.3 is 0 Å². The van der Waals surface area contributed by atoms with E-state index in [-0.39, 0.29) is 16.6 Å². The number of ether oxygens (including phenoxy) is 1. The van der Waals surface area contributed by atoms with E-state index in [2.05, 4.69) is 5.32 Å². The van der Waals surface area contributed by atoms with E-state index in [1.165, 1.54) is 13.2 Å². The smallest absolute Gasteiger partial charge is 0.246 e. The molecule has 0 radical (unpaired) electrons. The summed E-state index contributed by atoms with van der Waals surface area (Å²) in [7, 11) is -2.50. The van der Waals surface area contributed by atoms with Crippen molar-refractivity contribution in [2.24, 2.45) is 5.14 Å². The number of benzene rings is 2. The molecular weight excluding hydrogens is 352 g/mol. The van der Waals surface area contributed by atoms with Crippen molar-refractivity contribution in [3.8, 4) is 5.75 Å². The highest BCUT2D eigenvalue weighted by Crippen LogP contribution is 2.23. The fourth-order valence-electron chi connectivity index (χ4n) is 2.42. The number of primary sulfonamides is 1. The van der Waals surface area contributed by atoms with E-state index >= 15 is 0 Å². The summed E-state index contributed by atoms with van der Waals surface area (Å²) in [5.41, 5.74) is 2.28. The van der Waals surface area contributed by atoms with Crippen molar-refractivity contribution in [3.63, 3.8) is 0 Å². The maximum absolute atomic E-state index is 12.1. The molecule has 0 fully saturated rings. The lowest BCUT2D eigenvalue weighted by Gasteiger charge is -2.10. The van der Waals surface area contributed by atoms with Crippen molar-refractivity contribution in [1.29, 1.82) is 0 Å². The van der Waals surface area contributed by atoms with Crippen LogP contribution < -0.4 is 15.2 Å². The Morgan fingerprint density at radius 1 is 1.19 bits per heavy atom. The molecule has 0 aromatic heterocycles. The number of amides is 1. The first-order chi connectivity index (χ1) is 12.3. The second kappa shape index (κ2) is 8.64. The van der Waals surface area contributed by atoms with Crippen LogP contribution in [-0.2, 0) is 21.2 Å². The molecule has 0 unspecified atom stereocenters. The Kier molecular flexibility index (Phi) is 6.54. The molecule has 2 aromatic carbocycles. The molecular formula is C19H22N2O4S. The fraction of sp³-hybridized carbons (Fsp3) is 0.211. The Hall–Kier alpha value is -2.64. The molecule has 138 valence electrons. The number of nitrogens with two attached hydrogens (primary N) is 1. The third-order valence-electron chi connectivity index (χ3n) is 3.77. The predicted molar refractivity (Wildman–Crippen MR) is 101 cm³/mol. The fourth-order valence-corrected chi connectivity index (χ4v) is 3.17. The molecule has 0 bridgehead atoms. The lowest BCUT2D eigenvalue weighted by Crippen LogP contribution is -2.26. The Morgan fingerprint density at radius 2 is 1.88 bits per heavy atom. The zero-order chi connectivity index (χ0) is 19.2. The lowest BCUT2D eigenvalue weighted by atomic mass is 10.1. The van der Waals surface area contributed by atoms with E-state index in [4.69, 9.17) is 9.88 Å². The van der Waals surface area contributed by atoms with Crippen LogP contribution in [0.4, 0.5) is 0 Å². The van der Waals surface area contributed by atoms with Gasteiger partial charge in [0.1, 0.15) is 10.6 Å². The quantitative estimate of drug-likeness (QED) is 0.725. The van der Waals surface area contributed by atoms with Crippen molar-refractivity contribution < 1.29 is 17.9 Å². The van der Waals surface area contributed by atoms with Crippen molar-refractivity contribution in [3.05, 3.63) is 65.2 Å². The molecule has 26 heavy (non-hydrogen) atoms. The van der Waals surface area contributed by atoms with Gasteiger partial charge < -0.3 is 10.1 Å². The van der Waals surface area contributed by atoms with Gasteiger partial charge in [0.2, 0.25) is 15.9 Å². The number of rotatable bonds is 7. The van der Waals surface area contributed by atoms with Gasteiger partial charge in [-0.25, -0.2) is 13.6 Å². The van der Waals surface area contributed by atoms with Crippen LogP contribution in [0.3, 0.4) is 0 Å². The average Bonchev–Trinajstić information content (AvgIpc) is 2.61. The Morgan fingerprint density at radius 3 is 2.50 bits per heavy atom. The van der Waals surface area contributed by atoms with Gasteiger partial charge in [-0.2, -0.15) is 0 Å². The summed E-state index contributed by atoms with van der Waals surface area (Å²) in [6, 6.07) is 14.3. The van der Waals surface area contributed by atoms with Crippen LogP contribution in [0.1, 0.15) is 18.1 Å². The molecule has 0 saturated heterocycles. The van der Waals surface area contributed by atoms with Gasteiger partial charge in [-0.3, -0.25) is 4.79 Å². The molecule has 0 saturated carbocycles. The highest BCUT2D eigenvalue weighted by atomic mass is 32.2. The van der Waals surface area contributed by atoms with E-state index in [9.17, 15) is 13.2 Å². The monoisotopic (exact) mass is 374 g/mol. The van der Waals surface area contributed by atoms with Crippen molar-refractivity contribution in [1.82, 2.24) is 5.32 Å². The molecule has 2 aromatic rings. The molecule has 1 amide bonds. The summed E-state index contributed by atoms with van der Waals surface area (Å²) in [6.07, 6.45) is 2.28. The van der Waals surface area contributed by atoms with Crippen molar-refractivity contribution in [2.45, 2.75) is 18.2 Å². The number of nitrogens with one attached hydrogen (secondary N) is 1. The molecule has 0 spiro atoms. The highest BCUT2D eigenvalue weighted by Gasteiger charge is 2.15. The first-order valence-electron chi connectivity index (χ1n) is 8.02. The largest absolute Gasteiger partial charge is 0.495 e. The molecule has 0 heterocycles. The predicted octanol–water partition coefficient (Wildman–Crippen LogP) is 2.10. The Bertz CT molecular complexity index is 906. The van der Waals surface area contributed by atoms with Crippen molar-refractivity contribution in [2.75, 3.05) is 13.7 Å². The van der Waals surface area contributed by atoms with Crippen LogP contribution in [0.15, 0.2) is 59.0 Å².